The summed E-state index contributed by atoms with van der Waals surface area (Å²) in [7, 11) is 0. The number of aryl methyl sites for hydroxylation is 1. The van der Waals surface area contributed by atoms with Crippen molar-refractivity contribution in [1.82, 2.24) is 34.7 Å². The lowest BCUT2D eigenvalue weighted by Gasteiger charge is -2.40. The molecule has 0 unspecified atom stereocenters. The van der Waals surface area contributed by atoms with Crippen molar-refractivity contribution in [2.45, 2.75) is 45.2 Å². The summed E-state index contributed by atoms with van der Waals surface area (Å²) in [5.41, 5.74) is 1.06. The standard InChI is InChI=1S/C13H19N7O/c1-2-19-13(14-9-16-19)7-18-4-3-12-11(6-18)20-10(8-21-12)5-15-17-20/h5,9,11-12H,2-4,6-8H2,1H3/t11-,12+/m0/s1. The van der Waals surface area contributed by atoms with Crippen molar-refractivity contribution >= 4 is 0 Å². The lowest BCUT2D eigenvalue weighted by molar-refractivity contribution is -0.0674. The highest BCUT2D eigenvalue weighted by molar-refractivity contribution is 5.01. The quantitative estimate of drug-likeness (QED) is 0.805. The Morgan fingerprint density at radius 3 is 3.29 bits per heavy atom. The fraction of sp³-hybridized carbons (Fsp3) is 0.692. The smallest absolute Gasteiger partial charge is 0.140 e. The van der Waals surface area contributed by atoms with Crippen molar-refractivity contribution in [1.29, 1.82) is 0 Å². The zero-order chi connectivity index (χ0) is 14.2. The first kappa shape index (κ1) is 12.9. The number of piperidine rings is 1. The van der Waals surface area contributed by atoms with Gasteiger partial charge in [0.15, 0.2) is 0 Å². The topological polar surface area (TPSA) is 73.9 Å². The van der Waals surface area contributed by atoms with E-state index in [1.165, 1.54) is 0 Å². The molecule has 112 valence electrons. The van der Waals surface area contributed by atoms with Crippen LogP contribution in [0.1, 0.15) is 30.9 Å². The van der Waals surface area contributed by atoms with Crippen LogP contribution < -0.4 is 0 Å². The van der Waals surface area contributed by atoms with Gasteiger partial charge in [-0.3, -0.25) is 4.90 Å². The van der Waals surface area contributed by atoms with Gasteiger partial charge in [-0.25, -0.2) is 14.3 Å². The normalized spacial score (nSPS) is 25.6. The first-order valence-corrected chi connectivity index (χ1v) is 7.45. The van der Waals surface area contributed by atoms with Gasteiger partial charge in [-0.05, 0) is 13.3 Å². The van der Waals surface area contributed by atoms with Gasteiger partial charge in [0, 0.05) is 19.6 Å². The van der Waals surface area contributed by atoms with Crippen molar-refractivity contribution in [3.05, 3.63) is 24.0 Å². The van der Waals surface area contributed by atoms with E-state index in [0.717, 1.165) is 44.1 Å². The Kier molecular flexibility index (Phi) is 3.19. The number of ether oxygens (including phenoxy) is 1. The van der Waals surface area contributed by atoms with Crippen LogP contribution in [0.25, 0.3) is 0 Å². The molecular weight excluding hydrogens is 270 g/mol. The first-order valence-electron chi connectivity index (χ1n) is 7.45. The van der Waals surface area contributed by atoms with Crippen LogP contribution in [0.15, 0.2) is 12.5 Å². The third-order valence-corrected chi connectivity index (χ3v) is 4.37. The number of nitrogens with zero attached hydrogens (tertiary/aromatic N) is 7. The van der Waals surface area contributed by atoms with E-state index in [4.69, 9.17) is 4.74 Å². The van der Waals surface area contributed by atoms with E-state index in [9.17, 15) is 0 Å². The van der Waals surface area contributed by atoms with Gasteiger partial charge >= 0.3 is 0 Å². The molecule has 2 aromatic heterocycles. The largest absolute Gasteiger partial charge is 0.370 e. The molecule has 4 heterocycles. The van der Waals surface area contributed by atoms with Crippen LogP contribution in [0.2, 0.25) is 0 Å². The van der Waals surface area contributed by atoms with E-state index >= 15 is 0 Å². The van der Waals surface area contributed by atoms with Gasteiger partial charge in [-0.1, -0.05) is 5.21 Å². The van der Waals surface area contributed by atoms with Crippen LogP contribution in [0.4, 0.5) is 0 Å². The van der Waals surface area contributed by atoms with E-state index in [1.54, 1.807) is 12.5 Å². The zero-order valence-electron chi connectivity index (χ0n) is 12.1. The van der Waals surface area contributed by atoms with Gasteiger partial charge in [0.2, 0.25) is 0 Å². The first-order chi connectivity index (χ1) is 10.3. The van der Waals surface area contributed by atoms with Crippen molar-refractivity contribution in [2.24, 2.45) is 0 Å². The lowest BCUT2D eigenvalue weighted by Crippen LogP contribution is -2.47. The predicted molar refractivity (Wildman–Crippen MR) is 73.2 cm³/mol. The van der Waals surface area contributed by atoms with Crippen molar-refractivity contribution in [3.63, 3.8) is 0 Å². The molecule has 4 rings (SSSR count). The highest BCUT2D eigenvalue weighted by Crippen LogP contribution is 2.30. The molecule has 0 saturated carbocycles. The number of rotatable bonds is 3. The zero-order valence-corrected chi connectivity index (χ0v) is 12.1. The van der Waals surface area contributed by atoms with E-state index in [-0.39, 0.29) is 12.1 Å². The SMILES string of the molecule is CCn1ncnc1CN1CC[C@H]2OCc3cnnn3[C@H]2C1. The molecule has 21 heavy (non-hydrogen) atoms. The lowest BCUT2D eigenvalue weighted by atomic mass is 10.0. The summed E-state index contributed by atoms with van der Waals surface area (Å²) >= 11 is 0. The minimum atomic E-state index is 0.250. The molecule has 1 fully saturated rings. The van der Waals surface area contributed by atoms with E-state index in [1.807, 2.05) is 9.36 Å². The van der Waals surface area contributed by atoms with Crippen LogP contribution >= 0.6 is 0 Å². The van der Waals surface area contributed by atoms with Crippen LogP contribution in [-0.2, 0) is 24.4 Å². The van der Waals surface area contributed by atoms with E-state index in [0.29, 0.717) is 6.61 Å². The van der Waals surface area contributed by atoms with Crippen LogP contribution in [0.5, 0.6) is 0 Å². The van der Waals surface area contributed by atoms with Crippen LogP contribution in [0.3, 0.4) is 0 Å². The Bertz CT molecular complexity index is 622. The molecule has 2 atom stereocenters. The Labute approximate surface area is 122 Å². The second-order valence-electron chi connectivity index (χ2n) is 5.60. The van der Waals surface area contributed by atoms with Gasteiger partial charge in [-0.15, -0.1) is 5.10 Å². The fourth-order valence-corrected chi connectivity index (χ4v) is 3.26. The summed E-state index contributed by atoms with van der Waals surface area (Å²) in [6.45, 7) is 6.31. The molecule has 0 amide bonds. The molecule has 8 nitrogen and oxygen atoms in total. The second-order valence-corrected chi connectivity index (χ2v) is 5.60. The number of hydrogen-bond acceptors (Lipinski definition) is 6. The highest BCUT2D eigenvalue weighted by Gasteiger charge is 2.36. The maximum atomic E-state index is 5.93. The predicted octanol–water partition coefficient (Wildman–Crippen LogP) is 0.235. The molecule has 0 aliphatic carbocycles. The van der Waals surface area contributed by atoms with Crippen molar-refractivity contribution in [2.75, 3.05) is 13.1 Å². The van der Waals surface area contributed by atoms with Crippen molar-refractivity contribution in [3.8, 4) is 0 Å². The molecule has 0 aromatic carbocycles. The minimum absolute atomic E-state index is 0.250. The summed E-state index contributed by atoms with van der Waals surface area (Å²) in [5.74, 6) is 1.02. The van der Waals surface area contributed by atoms with Crippen molar-refractivity contribution < 1.29 is 4.74 Å². The Balaban J connectivity index is 1.51. The minimum Gasteiger partial charge on any atom is -0.370 e. The monoisotopic (exact) mass is 289 g/mol. The third-order valence-electron chi connectivity index (χ3n) is 4.37. The van der Waals surface area contributed by atoms with Gasteiger partial charge in [0.05, 0.1) is 37.2 Å². The Morgan fingerprint density at radius 1 is 1.43 bits per heavy atom. The van der Waals surface area contributed by atoms with Gasteiger partial charge in [0.25, 0.3) is 0 Å². The molecule has 0 N–H and O–H groups in total. The summed E-state index contributed by atoms with van der Waals surface area (Å²) < 4.78 is 9.92. The van der Waals surface area contributed by atoms with Gasteiger partial charge in [-0.2, -0.15) is 5.10 Å². The average molecular weight is 289 g/mol. The number of aromatic nitrogens is 6. The highest BCUT2D eigenvalue weighted by atomic mass is 16.5. The molecular formula is C13H19N7O. The number of fused-ring (bicyclic) bond motifs is 3. The summed E-state index contributed by atoms with van der Waals surface area (Å²) in [4.78, 5) is 6.76. The second kappa shape index (κ2) is 5.19. The maximum absolute atomic E-state index is 5.93. The molecule has 2 aromatic rings. The molecule has 0 spiro atoms. The molecule has 2 aliphatic rings. The van der Waals surface area contributed by atoms with E-state index in [2.05, 4.69) is 32.2 Å². The summed E-state index contributed by atoms with van der Waals surface area (Å²) in [6.07, 6.45) is 4.69. The average Bonchev–Trinajstić information content (AvgIpc) is 3.15. The maximum Gasteiger partial charge on any atom is 0.140 e. The fourth-order valence-electron chi connectivity index (χ4n) is 3.26. The molecule has 1 saturated heterocycles. The molecule has 0 radical (unpaired) electrons. The number of likely N-dealkylation sites (tertiary alicyclic amines) is 1. The number of hydrogen-bond donors (Lipinski definition) is 0. The Hall–Kier alpha value is -1.80. The Morgan fingerprint density at radius 2 is 2.38 bits per heavy atom. The molecule has 2 aliphatic heterocycles. The summed E-state index contributed by atoms with van der Waals surface area (Å²) in [6, 6.07) is 0.253. The van der Waals surface area contributed by atoms with E-state index < -0.39 is 0 Å². The van der Waals surface area contributed by atoms with Crippen LogP contribution in [-0.4, -0.2) is 53.9 Å². The van der Waals surface area contributed by atoms with Crippen LogP contribution in [0, 0.1) is 0 Å². The van der Waals surface area contributed by atoms with Gasteiger partial charge < -0.3 is 4.74 Å². The molecule has 8 heteroatoms. The molecule has 0 bridgehead atoms. The summed E-state index contributed by atoms with van der Waals surface area (Å²) in [5, 5.41) is 12.5. The van der Waals surface area contributed by atoms with Gasteiger partial charge in [0.1, 0.15) is 12.2 Å². The third kappa shape index (κ3) is 2.24.